The van der Waals surface area contributed by atoms with Crippen molar-refractivity contribution in [2.24, 2.45) is 17.4 Å². The first kappa shape index (κ1) is 25.8. The molecule has 5 unspecified atom stereocenters. The molecule has 172 valence electrons. The Bertz CT molecular complexity index is 614. The number of likely N-dealkylation sites (tertiary alicyclic amines) is 1. The number of carbonyl (C=O) groups is 4. The van der Waals surface area contributed by atoms with Gasteiger partial charge < -0.3 is 32.1 Å². The maximum absolute atomic E-state index is 13.2. The Balaban J connectivity index is 2.91. The molecule has 10 nitrogen and oxygen atoms in total. The molecule has 0 saturated carbocycles. The highest BCUT2D eigenvalue weighted by Crippen LogP contribution is 2.20. The van der Waals surface area contributed by atoms with Gasteiger partial charge in [-0.15, -0.1) is 0 Å². The number of carbonyl (C=O) groups excluding carboxylic acids is 3. The standard InChI is InChI=1S/C20H37N5O5/c1-4-12(2)16(22)18(27)24-14(8-5-6-10-21)19(28)25-11-7-9-15(25)17(26)23-13(3)20(29)30/h12-16H,4-11,21-22H2,1-3H3,(H,23,26)(H,24,27)(H,29,30). The molecule has 1 saturated heterocycles. The molecule has 0 spiro atoms. The maximum atomic E-state index is 13.2. The van der Waals surface area contributed by atoms with E-state index < -0.39 is 42.0 Å². The first-order valence-electron chi connectivity index (χ1n) is 10.7. The molecule has 3 amide bonds. The number of nitrogens with two attached hydrogens (primary N) is 2. The number of amides is 3. The van der Waals surface area contributed by atoms with Crippen molar-refractivity contribution in [3.05, 3.63) is 0 Å². The van der Waals surface area contributed by atoms with E-state index in [1.807, 2.05) is 13.8 Å². The molecule has 1 fully saturated rings. The van der Waals surface area contributed by atoms with Gasteiger partial charge in [0.1, 0.15) is 18.1 Å². The number of nitrogens with one attached hydrogen (secondary N) is 2. The van der Waals surface area contributed by atoms with Gasteiger partial charge in [-0.1, -0.05) is 20.3 Å². The fraction of sp³-hybridized carbons (Fsp3) is 0.800. The summed E-state index contributed by atoms with van der Waals surface area (Å²) in [5.41, 5.74) is 11.6. The molecule has 1 heterocycles. The quantitative estimate of drug-likeness (QED) is 0.263. The van der Waals surface area contributed by atoms with Crippen molar-refractivity contribution >= 4 is 23.7 Å². The van der Waals surface area contributed by atoms with E-state index in [0.29, 0.717) is 45.2 Å². The summed E-state index contributed by atoms with van der Waals surface area (Å²) in [5, 5.41) is 14.2. The van der Waals surface area contributed by atoms with E-state index in [9.17, 15) is 19.2 Å². The lowest BCUT2D eigenvalue weighted by Crippen LogP contribution is -2.57. The average molecular weight is 428 g/mol. The molecule has 0 aromatic carbocycles. The van der Waals surface area contributed by atoms with Crippen LogP contribution in [0, 0.1) is 5.92 Å². The Labute approximate surface area is 178 Å². The van der Waals surface area contributed by atoms with E-state index >= 15 is 0 Å². The van der Waals surface area contributed by atoms with Crippen molar-refractivity contribution in [3.63, 3.8) is 0 Å². The molecule has 0 aromatic heterocycles. The highest BCUT2D eigenvalue weighted by atomic mass is 16.4. The van der Waals surface area contributed by atoms with Gasteiger partial charge in [0, 0.05) is 6.54 Å². The van der Waals surface area contributed by atoms with Crippen molar-refractivity contribution in [3.8, 4) is 0 Å². The van der Waals surface area contributed by atoms with Crippen molar-refractivity contribution in [2.75, 3.05) is 13.1 Å². The number of aliphatic carboxylic acids is 1. The topological polar surface area (TPSA) is 168 Å². The number of hydrogen-bond acceptors (Lipinski definition) is 6. The molecule has 1 aliphatic heterocycles. The molecule has 30 heavy (non-hydrogen) atoms. The zero-order valence-corrected chi connectivity index (χ0v) is 18.2. The van der Waals surface area contributed by atoms with E-state index in [2.05, 4.69) is 10.6 Å². The van der Waals surface area contributed by atoms with Crippen LogP contribution in [0.2, 0.25) is 0 Å². The normalized spacial score (nSPS) is 20.2. The summed E-state index contributed by atoms with van der Waals surface area (Å²) in [4.78, 5) is 50.8. The van der Waals surface area contributed by atoms with Crippen LogP contribution in [0.1, 0.15) is 59.3 Å². The average Bonchev–Trinajstić information content (AvgIpc) is 3.21. The van der Waals surface area contributed by atoms with Gasteiger partial charge >= 0.3 is 5.97 Å². The molecular weight excluding hydrogens is 390 g/mol. The Morgan fingerprint density at radius 1 is 1.17 bits per heavy atom. The van der Waals surface area contributed by atoms with Crippen LogP contribution in [0.25, 0.3) is 0 Å². The van der Waals surface area contributed by atoms with Crippen molar-refractivity contribution < 1.29 is 24.3 Å². The van der Waals surface area contributed by atoms with E-state index in [4.69, 9.17) is 16.6 Å². The Hall–Kier alpha value is -2.20. The summed E-state index contributed by atoms with van der Waals surface area (Å²) in [7, 11) is 0. The number of rotatable bonds is 12. The summed E-state index contributed by atoms with van der Waals surface area (Å²) < 4.78 is 0. The van der Waals surface area contributed by atoms with Crippen molar-refractivity contribution in [1.29, 1.82) is 0 Å². The monoisotopic (exact) mass is 427 g/mol. The third kappa shape index (κ3) is 7.24. The SMILES string of the molecule is CCC(C)C(N)C(=O)NC(CCCCN)C(=O)N1CCCC1C(=O)NC(C)C(=O)O. The second-order valence-corrected chi connectivity index (χ2v) is 8.02. The molecule has 1 rings (SSSR count). The number of carboxylic acids is 1. The molecule has 7 N–H and O–H groups in total. The van der Waals surface area contributed by atoms with E-state index in [1.165, 1.54) is 11.8 Å². The molecule has 10 heteroatoms. The van der Waals surface area contributed by atoms with Gasteiger partial charge in [-0.25, -0.2) is 0 Å². The van der Waals surface area contributed by atoms with E-state index in [0.717, 1.165) is 6.42 Å². The highest BCUT2D eigenvalue weighted by Gasteiger charge is 2.38. The molecule has 0 radical (unpaired) electrons. The first-order valence-corrected chi connectivity index (χ1v) is 10.7. The molecule has 0 aliphatic carbocycles. The van der Waals surface area contributed by atoms with Crippen LogP contribution < -0.4 is 22.1 Å². The second-order valence-electron chi connectivity index (χ2n) is 8.02. The summed E-state index contributed by atoms with van der Waals surface area (Å²) in [6.07, 6.45) is 3.55. The van der Waals surface area contributed by atoms with E-state index in [-0.39, 0.29) is 11.8 Å². The summed E-state index contributed by atoms with van der Waals surface area (Å²) >= 11 is 0. The third-order valence-electron chi connectivity index (χ3n) is 5.69. The van der Waals surface area contributed by atoms with Crippen LogP contribution in [0.4, 0.5) is 0 Å². The molecule has 0 aromatic rings. The number of unbranched alkanes of at least 4 members (excludes halogenated alkanes) is 1. The Kier molecular flexibility index (Phi) is 10.8. The first-order chi connectivity index (χ1) is 14.1. The lowest BCUT2D eigenvalue weighted by molar-refractivity contribution is -0.144. The largest absolute Gasteiger partial charge is 0.480 e. The van der Waals surface area contributed by atoms with Gasteiger partial charge in [0.05, 0.1) is 6.04 Å². The van der Waals surface area contributed by atoms with Crippen LogP contribution in [0.3, 0.4) is 0 Å². The van der Waals surface area contributed by atoms with Crippen LogP contribution in [0.5, 0.6) is 0 Å². The lowest BCUT2D eigenvalue weighted by Gasteiger charge is -2.30. The third-order valence-corrected chi connectivity index (χ3v) is 5.69. The summed E-state index contributed by atoms with van der Waals surface area (Å²) in [5.74, 6) is -2.43. The fourth-order valence-corrected chi connectivity index (χ4v) is 3.41. The molecule has 5 atom stereocenters. The smallest absolute Gasteiger partial charge is 0.325 e. The minimum atomic E-state index is -1.15. The van der Waals surface area contributed by atoms with Crippen LogP contribution in [-0.2, 0) is 19.2 Å². The highest BCUT2D eigenvalue weighted by molar-refractivity contribution is 5.94. The second kappa shape index (κ2) is 12.5. The molecule has 0 bridgehead atoms. The zero-order valence-electron chi connectivity index (χ0n) is 18.2. The van der Waals surface area contributed by atoms with Crippen molar-refractivity contribution in [1.82, 2.24) is 15.5 Å². The van der Waals surface area contributed by atoms with Crippen molar-refractivity contribution in [2.45, 2.75) is 83.5 Å². The van der Waals surface area contributed by atoms with Gasteiger partial charge in [0.2, 0.25) is 17.7 Å². The molecule has 1 aliphatic rings. The van der Waals surface area contributed by atoms with Gasteiger partial charge in [0.25, 0.3) is 0 Å². The summed E-state index contributed by atoms with van der Waals surface area (Å²) in [6.45, 7) is 6.03. The van der Waals surface area contributed by atoms with Gasteiger partial charge in [-0.3, -0.25) is 19.2 Å². The van der Waals surface area contributed by atoms with Crippen LogP contribution in [-0.4, -0.2) is 71.0 Å². The minimum Gasteiger partial charge on any atom is -0.480 e. The minimum absolute atomic E-state index is 0.0346. The lowest BCUT2D eigenvalue weighted by atomic mass is 9.98. The van der Waals surface area contributed by atoms with Crippen LogP contribution in [0.15, 0.2) is 0 Å². The zero-order chi connectivity index (χ0) is 22.8. The van der Waals surface area contributed by atoms with Gasteiger partial charge in [-0.05, 0) is 51.5 Å². The predicted octanol–water partition coefficient (Wildman–Crippen LogP) is -0.446. The van der Waals surface area contributed by atoms with Gasteiger partial charge in [-0.2, -0.15) is 0 Å². The maximum Gasteiger partial charge on any atom is 0.325 e. The van der Waals surface area contributed by atoms with Gasteiger partial charge in [0.15, 0.2) is 0 Å². The molecular formula is C20H37N5O5. The fourth-order valence-electron chi connectivity index (χ4n) is 3.41. The number of hydrogen-bond donors (Lipinski definition) is 5. The number of nitrogens with zero attached hydrogens (tertiary/aromatic N) is 1. The summed E-state index contributed by atoms with van der Waals surface area (Å²) in [6, 6.07) is -3.33. The number of carboxylic acid groups (broad SMARTS) is 1. The predicted molar refractivity (Wildman–Crippen MR) is 112 cm³/mol. The van der Waals surface area contributed by atoms with E-state index in [1.54, 1.807) is 0 Å². The van der Waals surface area contributed by atoms with Crippen LogP contribution >= 0.6 is 0 Å². The Morgan fingerprint density at radius 2 is 1.83 bits per heavy atom. The Morgan fingerprint density at radius 3 is 2.40 bits per heavy atom.